The van der Waals surface area contributed by atoms with Gasteiger partial charge < -0.3 is 9.47 Å². The molecule has 1 aromatic carbocycles. The van der Waals surface area contributed by atoms with E-state index >= 15 is 0 Å². The molecular weight excluding hydrogens is 411 g/mol. The van der Waals surface area contributed by atoms with Crippen molar-refractivity contribution in [1.29, 1.82) is 0 Å². The number of nitrogens with zero attached hydrogens (tertiary/aromatic N) is 2. The lowest BCUT2D eigenvalue weighted by Crippen LogP contribution is -2.15. The lowest BCUT2D eigenvalue weighted by atomic mass is 10.2. The van der Waals surface area contributed by atoms with Crippen LogP contribution in [0, 0.1) is 3.57 Å². The number of benzene rings is 1. The number of halogens is 1. The minimum atomic E-state index is -0.547. The SMILES string of the molecule is CCOC(=O)c1nn(Cc2ccccc2)c(C(=O)OCC)c1I. The molecule has 0 atom stereocenters. The Bertz CT molecular complexity index is 698. The van der Waals surface area contributed by atoms with Gasteiger partial charge in [-0.05, 0) is 42.0 Å². The van der Waals surface area contributed by atoms with Gasteiger partial charge >= 0.3 is 11.9 Å². The maximum Gasteiger partial charge on any atom is 0.359 e. The molecule has 0 unspecified atom stereocenters. The third-order valence-corrected chi connectivity index (χ3v) is 4.03. The molecule has 23 heavy (non-hydrogen) atoms. The highest BCUT2D eigenvalue weighted by molar-refractivity contribution is 14.1. The smallest absolute Gasteiger partial charge is 0.359 e. The van der Waals surface area contributed by atoms with Crippen molar-refractivity contribution < 1.29 is 19.1 Å². The van der Waals surface area contributed by atoms with Crippen LogP contribution < -0.4 is 0 Å². The maximum atomic E-state index is 12.2. The number of aromatic nitrogens is 2. The third-order valence-electron chi connectivity index (χ3n) is 3.01. The summed E-state index contributed by atoms with van der Waals surface area (Å²) in [5.74, 6) is -1.05. The molecule has 0 saturated carbocycles. The van der Waals surface area contributed by atoms with Crippen LogP contribution in [-0.4, -0.2) is 34.9 Å². The van der Waals surface area contributed by atoms with E-state index in [1.165, 1.54) is 4.68 Å². The Balaban J connectivity index is 2.43. The van der Waals surface area contributed by atoms with Gasteiger partial charge in [0.25, 0.3) is 0 Å². The number of hydrogen-bond donors (Lipinski definition) is 0. The quantitative estimate of drug-likeness (QED) is 0.523. The average Bonchev–Trinajstić information content (AvgIpc) is 2.85. The summed E-state index contributed by atoms with van der Waals surface area (Å²) in [6.07, 6.45) is 0. The Kier molecular flexibility index (Phi) is 6.14. The first-order valence-corrected chi connectivity index (χ1v) is 8.30. The first-order chi connectivity index (χ1) is 11.1. The second-order valence-electron chi connectivity index (χ2n) is 4.60. The van der Waals surface area contributed by atoms with E-state index in [9.17, 15) is 9.59 Å². The fourth-order valence-electron chi connectivity index (χ4n) is 2.04. The van der Waals surface area contributed by atoms with Crippen LogP contribution >= 0.6 is 22.6 Å². The van der Waals surface area contributed by atoms with Crippen LogP contribution in [0.5, 0.6) is 0 Å². The van der Waals surface area contributed by atoms with Gasteiger partial charge in [-0.3, -0.25) is 4.68 Å². The zero-order valence-corrected chi connectivity index (χ0v) is 15.1. The average molecular weight is 428 g/mol. The second-order valence-corrected chi connectivity index (χ2v) is 5.67. The Morgan fingerprint density at radius 3 is 2.30 bits per heavy atom. The summed E-state index contributed by atoms with van der Waals surface area (Å²) >= 11 is 1.93. The molecule has 1 aromatic heterocycles. The molecule has 0 aliphatic heterocycles. The zero-order valence-electron chi connectivity index (χ0n) is 12.9. The van der Waals surface area contributed by atoms with E-state index in [1.54, 1.807) is 13.8 Å². The summed E-state index contributed by atoms with van der Waals surface area (Å²) in [6, 6.07) is 9.56. The van der Waals surface area contributed by atoms with Gasteiger partial charge in [0, 0.05) is 0 Å². The number of carbonyl (C=O) groups excluding carboxylic acids is 2. The van der Waals surface area contributed by atoms with Gasteiger partial charge in [-0.15, -0.1) is 0 Å². The van der Waals surface area contributed by atoms with Crippen LogP contribution in [0.4, 0.5) is 0 Å². The van der Waals surface area contributed by atoms with E-state index in [1.807, 2.05) is 52.9 Å². The van der Waals surface area contributed by atoms with Gasteiger partial charge in [-0.2, -0.15) is 5.10 Å². The zero-order chi connectivity index (χ0) is 16.8. The topological polar surface area (TPSA) is 70.4 Å². The first-order valence-electron chi connectivity index (χ1n) is 7.22. The normalized spacial score (nSPS) is 10.4. The molecule has 6 nitrogen and oxygen atoms in total. The molecule has 0 spiro atoms. The highest BCUT2D eigenvalue weighted by Crippen LogP contribution is 2.20. The first kappa shape index (κ1) is 17.5. The standard InChI is InChI=1S/C16H17IN2O4/c1-3-22-15(20)13-12(17)14(16(21)23-4-2)19(18-13)10-11-8-6-5-7-9-11/h5-9H,3-4,10H2,1-2H3. The maximum absolute atomic E-state index is 12.2. The predicted molar refractivity (Wildman–Crippen MR) is 92.4 cm³/mol. The van der Waals surface area contributed by atoms with Gasteiger partial charge in [-0.1, -0.05) is 30.3 Å². The lowest BCUT2D eigenvalue weighted by molar-refractivity contribution is 0.0506. The van der Waals surface area contributed by atoms with Gasteiger partial charge in [0.2, 0.25) is 0 Å². The highest BCUT2D eigenvalue weighted by atomic mass is 127. The summed E-state index contributed by atoms with van der Waals surface area (Å²) in [5, 5.41) is 4.26. The Hall–Kier alpha value is -1.90. The van der Waals surface area contributed by atoms with Gasteiger partial charge in [-0.25, -0.2) is 9.59 Å². The minimum absolute atomic E-state index is 0.131. The summed E-state index contributed by atoms with van der Waals surface area (Å²) < 4.78 is 12.0. The van der Waals surface area contributed by atoms with Crippen LogP contribution in [0.1, 0.15) is 40.4 Å². The summed E-state index contributed by atoms with van der Waals surface area (Å²) in [5.41, 5.74) is 1.36. The second kappa shape index (κ2) is 8.09. The molecule has 0 N–H and O–H groups in total. The predicted octanol–water partition coefficient (Wildman–Crippen LogP) is 2.89. The van der Waals surface area contributed by atoms with E-state index in [2.05, 4.69) is 5.10 Å². The molecule has 0 amide bonds. The lowest BCUT2D eigenvalue weighted by Gasteiger charge is -2.07. The van der Waals surface area contributed by atoms with E-state index in [4.69, 9.17) is 9.47 Å². The van der Waals surface area contributed by atoms with Crippen LogP contribution in [0.25, 0.3) is 0 Å². The largest absolute Gasteiger partial charge is 0.461 e. The molecule has 2 aromatic rings. The number of carbonyl (C=O) groups is 2. The monoisotopic (exact) mass is 428 g/mol. The minimum Gasteiger partial charge on any atom is -0.461 e. The highest BCUT2D eigenvalue weighted by Gasteiger charge is 2.27. The van der Waals surface area contributed by atoms with Gasteiger partial charge in [0.05, 0.1) is 23.3 Å². The van der Waals surface area contributed by atoms with Crippen molar-refractivity contribution in [1.82, 2.24) is 9.78 Å². The molecule has 2 rings (SSSR count). The summed E-state index contributed by atoms with van der Waals surface area (Å²) in [4.78, 5) is 24.2. The van der Waals surface area contributed by atoms with E-state index in [0.717, 1.165) is 5.56 Å². The molecule has 0 saturated heterocycles. The molecule has 0 radical (unpaired) electrons. The van der Waals surface area contributed by atoms with Gasteiger partial charge in [0.1, 0.15) is 0 Å². The molecule has 0 bridgehead atoms. The molecule has 0 aliphatic carbocycles. The fourth-order valence-corrected chi connectivity index (χ4v) is 2.86. The number of ether oxygens (including phenoxy) is 2. The molecule has 122 valence electrons. The van der Waals surface area contributed by atoms with Gasteiger partial charge in [0.15, 0.2) is 11.4 Å². The van der Waals surface area contributed by atoms with Crippen LogP contribution in [0.2, 0.25) is 0 Å². The summed E-state index contributed by atoms with van der Waals surface area (Å²) in [6.45, 7) is 4.31. The van der Waals surface area contributed by atoms with Crippen LogP contribution in [-0.2, 0) is 16.0 Å². The number of hydrogen-bond acceptors (Lipinski definition) is 5. The molecule has 7 heteroatoms. The fraction of sp³-hybridized carbons (Fsp3) is 0.312. The van der Waals surface area contributed by atoms with E-state index < -0.39 is 11.9 Å². The Morgan fingerprint density at radius 2 is 1.70 bits per heavy atom. The Morgan fingerprint density at radius 1 is 1.09 bits per heavy atom. The van der Waals surface area contributed by atoms with Crippen molar-refractivity contribution in [3.05, 3.63) is 50.9 Å². The van der Waals surface area contributed by atoms with E-state index in [-0.39, 0.29) is 24.6 Å². The van der Waals surface area contributed by atoms with Crippen molar-refractivity contribution in [2.45, 2.75) is 20.4 Å². The number of esters is 2. The van der Waals surface area contributed by atoms with E-state index in [0.29, 0.717) is 10.1 Å². The molecule has 0 fully saturated rings. The van der Waals surface area contributed by atoms with Crippen LogP contribution in [0.3, 0.4) is 0 Å². The van der Waals surface area contributed by atoms with Crippen molar-refractivity contribution >= 4 is 34.5 Å². The van der Waals surface area contributed by atoms with Crippen molar-refractivity contribution in [2.75, 3.05) is 13.2 Å². The van der Waals surface area contributed by atoms with Crippen molar-refractivity contribution in [3.63, 3.8) is 0 Å². The molecular formula is C16H17IN2O4. The Labute approximate surface area is 147 Å². The van der Waals surface area contributed by atoms with Crippen LogP contribution in [0.15, 0.2) is 30.3 Å². The molecule has 0 aliphatic rings. The molecule has 1 heterocycles. The third kappa shape index (κ3) is 4.10. The summed E-state index contributed by atoms with van der Waals surface area (Å²) in [7, 11) is 0. The van der Waals surface area contributed by atoms with Crippen molar-refractivity contribution in [2.24, 2.45) is 0 Å². The number of rotatable bonds is 6. The van der Waals surface area contributed by atoms with Crippen molar-refractivity contribution in [3.8, 4) is 0 Å².